The third-order valence-corrected chi connectivity index (χ3v) is 5.35. The molecule has 178 valence electrons. The molecule has 10 nitrogen and oxygen atoms in total. The van der Waals surface area contributed by atoms with Crippen LogP contribution in [0.25, 0.3) is 6.08 Å². The zero-order valence-electron chi connectivity index (χ0n) is 17.1. The number of hydrogen-bond donors (Lipinski definition) is 2. The Labute approximate surface area is 193 Å². The summed E-state index contributed by atoms with van der Waals surface area (Å²) < 4.78 is 43.3. The standard InChI is InChI=1S/C20H14F3N3O7S/c1-33-14-6-10(5-13(17(14)28)26(31)32)7-15-18(29)25(19(30)34-15)9-16(27)24-12-4-2-3-11(8-12)20(21,22)23/h2-8,28H,9H2,1H3,(H,24,27)/b15-7-. The first-order valence-electron chi connectivity index (χ1n) is 9.18. The average molecular weight is 497 g/mol. The summed E-state index contributed by atoms with van der Waals surface area (Å²) in [6.07, 6.45) is -3.48. The molecule has 34 heavy (non-hydrogen) atoms. The number of amides is 3. The smallest absolute Gasteiger partial charge is 0.416 e. The van der Waals surface area contributed by atoms with Crippen molar-refractivity contribution in [3.8, 4) is 11.5 Å². The summed E-state index contributed by atoms with van der Waals surface area (Å²) in [5.41, 5.74) is -1.78. The second kappa shape index (κ2) is 9.43. The number of ether oxygens (including phenoxy) is 1. The van der Waals surface area contributed by atoms with Gasteiger partial charge < -0.3 is 15.2 Å². The van der Waals surface area contributed by atoms with Gasteiger partial charge in [0.25, 0.3) is 11.1 Å². The number of methoxy groups -OCH3 is 1. The molecule has 0 aromatic heterocycles. The van der Waals surface area contributed by atoms with Crippen LogP contribution in [0.15, 0.2) is 41.3 Å². The monoisotopic (exact) mass is 497 g/mol. The minimum atomic E-state index is -4.62. The molecular formula is C20H14F3N3O7S. The van der Waals surface area contributed by atoms with Crippen LogP contribution >= 0.6 is 11.8 Å². The van der Waals surface area contributed by atoms with Crippen molar-refractivity contribution in [2.24, 2.45) is 0 Å². The molecule has 0 atom stereocenters. The molecule has 1 heterocycles. The van der Waals surface area contributed by atoms with Crippen molar-refractivity contribution in [1.29, 1.82) is 0 Å². The Balaban J connectivity index is 1.78. The number of nitro benzene ring substituents is 1. The predicted molar refractivity (Wildman–Crippen MR) is 114 cm³/mol. The van der Waals surface area contributed by atoms with Crippen LogP contribution in [-0.4, -0.2) is 45.6 Å². The first kappa shape index (κ1) is 24.6. The lowest BCUT2D eigenvalue weighted by atomic mass is 10.1. The molecule has 3 rings (SSSR count). The molecule has 0 spiro atoms. The number of hydrogen-bond acceptors (Lipinski definition) is 8. The second-order valence-corrected chi connectivity index (χ2v) is 7.74. The van der Waals surface area contributed by atoms with E-state index in [2.05, 4.69) is 5.32 Å². The van der Waals surface area contributed by atoms with E-state index in [4.69, 9.17) is 4.74 Å². The number of thioether (sulfide) groups is 1. The van der Waals surface area contributed by atoms with Crippen LogP contribution in [0.1, 0.15) is 11.1 Å². The number of carbonyl (C=O) groups excluding carboxylic acids is 3. The summed E-state index contributed by atoms with van der Waals surface area (Å²) in [5, 5.41) is 22.3. The summed E-state index contributed by atoms with van der Waals surface area (Å²) in [5.74, 6) is -2.75. The van der Waals surface area contributed by atoms with Gasteiger partial charge in [-0.3, -0.25) is 29.4 Å². The minimum Gasteiger partial charge on any atom is -0.500 e. The Morgan fingerprint density at radius 2 is 2.00 bits per heavy atom. The highest BCUT2D eigenvalue weighted by Gasteiger charge is 2.37. The van der Waals surface area contributed by atoms with Gasteiger partial charge in [0.15, 0.2) is 5.75 Å². The molecule has 0 bridgehead atoms. The number of nitro groups is 1. The number of nitrogens with zero attached hydrogens (tertiary/aromatic N) is 2. The first-order valence-corrected chi connectivity index (χ1v) is 10.00. The fraction of sp³-hybridized carbons (Fsp3) is 0.150. The number of carbonyl (C=O) groups is 3. The van der Waals surface area contributed by atoms with Gasteiger partial charge in [-0.15, -0.1) is 0 Å². The quantitative estimate of drug-likeness (QED) is 0.347. The number of benzene rings is 2. The Hall–Kier alpha value is -4.07. The molecule has 1 aliphatic rings. The summed E-state index contributed by atoms with van der Waals surface area (Å²) in [6, 6.07) is 6.00. The van der Waals surface area contributed by atoms with Crippen LogP contribution in [0, 0.1) is 10.1 Å². The van der Waals surface area contributed by atoms with E-state index in [-0.39, 0.29) is 21.9 Å². The van der Waals surface area contributed by atoms with Gasteiger partial charge in [-0.2, -0.15) is 13.2 Å². The lowest BCUT2D eigenvalue weighted by Crippen LogP contribution is -2.36. The molecule has 14 heteroatoms. The van der Waals surface area contributed by atoms with E-state index in [1.165, 1.54) is 19.2 Å². The summed E-state index contributed by atoms with van der Waals surface area (Å²) >= 11 is 0.459. The number of alkyl halides is 3. The van der Waals surface area contributed by atoms with E-state index < -0.39 is 51.7 Å². The van der Waals surface area contributed by atoms with Gasteiger partial charge in [-0.05, 0) is 47.7 Å². The van der Waals surface area contributed by atoms with Crippen LogP contribution in [0.4, 0.5) is 29.3 Å². The fourth-order valence-corrected chi connectivity index (χ4v) is 3.74. The maximum absolute atomic E-state index is 12.8. The highest BCUT2D eigenvalue weighted by molar-refractivity contribution is 8.18. The zero-order valence-corrected chi connectivity index (χ0v) is 17.9. The summed E-state index contributed by atoms with van der Waals surface area (Å²) in [7, 11) is 1.17. The average Bonchev–Trinajstić information content (AvgIpc) is 3.01. The van der Waals surface area contributed by atoms with E-state index in [1.807, 2.05) is 0 Å². The number of imide groups is 1. The molecular weight excluding hydrogens is 483 g/mol. The van der Waals surface area contributed by atoms with Gasteiger partial charge in [0.2, 0.25) is 11.7 Å². The Morgan fingerprint density at radius 1 is 1.29 bits per heavy atom. The number of nitrogens with one attached hydrogen (secondary N) is 1. The highest BCUT2D eigenvalue weighted by Crippen LogP contribution is 2.39. The molecule has 2 aromatic rings. The van der Waals surface area contributed by atoms with Crippen molar-refractivity contribution in [1.82, 2.24) is 4.90 Å². The van der Waals surface area contributed by atoms with E-state index in [9.17, 15) is 42.8 Å². The van der Waals surface area contributed by atoms with Crippen molar-refractivity contribution in [3.63, 3.8) is 0 Å². The first-order chi connectivity index (χ1) is 15.9. The molecule has 0 aliphatic carbocycles. The lowest BCUT2D eigenvalue weighted by Gasteiger charge is -2.13. The van der Waals surface area contributed by atoms with Crippen LogP contribution in [-0.2, 0) is 15.8 Å². The van der Waals surface area contributed by atoms with Crippen molar-refractivity contribution >= 4 is 46.3 Å². The maximum atomic E-state index is 12.8. The van der Waals surface area contributed by atoms with Crippen LogP contribution in [0.5, 0.6) is 11.5 Å². The predicted octanol–water partition coefficient (Wildman–Crippen LogP) is 4.00. The van der Waals surface area contributed by atoms with E-state index in [0.29, 0.717) is 22.7 Å². The zero-order chi connectivity index (χ0) is 25.2. The number of phenols is 1. The van der Waals surface area contributed by atoms with Gasteiger partial charge in [0, 0.05) is 11.8 Å². The lowest BCUT2D eigenvalue weighted by molar-refractivity contribution is -0.386. The van der Waals surface area contributed by atoms with Gasteiger partial charge >= 0.3 is 11.9 Å². The third kappa shape index (κ3) is 5.28. The molecule has 0 radical (unpaired) electrons. The second-order valence-electron chi connectivity index (χ2n) is 6.74. The van der Waals surface area contributed by atoms with Gasteiger partial charge in [-0.1, -0.05) is 6.07 Å². The molecule has 2 aromatic carbocycles. The van der Waals surface area contributed by atoms with E-state index >= 15 is 0 Å². The van der Waals surface area contributed by atoms with Crippen LogP contribution in [0.2, 0.25) is 0 Å². The van der Waals surface area contributed by atoms with Crippen molar-refractivity contribution in [2.75, 3.05) is 19.0 Å². The number of aromatic hydroxyl groups is 1. The van der Waals surface area contributed by atoms with Crippen molar-refractivity contribution in [3.05, 3.63) is 62.5 Å². The van der Waals surface area contributed by atoms with Gasteiger partial charge in [0.1, 0.15) is 6.54 Å². The van der Waals surface area contributed by atoms with Crippen molar-refractivity contribution in [2.45, 2.75) is 6.18 Å². The summed E-state index contributed by atoms with van der Waals surface area (Å²) in [4.78, 5) is 47.8. The normalized spacial score (nSPS) is 15.1. The van der Waals surface area contributed by atoms with Crippen LogP contribution in [0.3, 0.4) is 0 Å². The SMILES string of the molecule is COc1cc(/C=C2\SC(=O)N(CC(=O)Nc3cccc(C(F)(F)F)c3)C2=O)cc([N+](=O)[O-])c1O. The molecule has 1 aliphatic heterocycles. The van der Waals surface area contributed by atoms with E-state index in [1.54, 1.807) is 0 Å². The fourth-order valence-electron chi connectivity index (χ4n) is 2.90. The number of rotatable bonds is 6. The Morgan fingerprint density at radius 3 is 2.62 bits per heavy atom. The topological polar surface area (TPSA) is 139 Å². The third-order valence-electron chi connectivity index (χ3n) is 4.44. The van der Waals surface area contributed by atoms with Crippen LogP contribution < -0.4 is 10.1 Å². The molecule has 3 amide bonds. The Kier molecular flexibility index (Phi) is 6.81. The number of anilines is 1. The highest BCUT2D eigenvalue weighted by atomic mass is 32.2. The van der Waals surface area contributed by atoms with Crippen molar-refractivity contribution < 1.29 is 42.3 Å². The minimum absolute atomic E-state index is 0.0697. The largest absolute Gasteiger partial charge is 0.500 e. The molecule has 1 saturated heterocycles. The molecule has 1 fully saturated rings. The molecule has 0 saturated carbocycles. The Bertz CT molecular complexity index is 1230. The molecule has 2 N–H and O–H groups in total. The maximum Gasteiger partial charge on any atom is 0.416 e. The summed E-state index contributed by atoms with van der Waals surface area (Å²) in [6.45, 7) is -0.767. The number of halogens is 3. The van der Waals surface area contributed by atoms with E-state index in [0.717, 1.165) is 24.3 Å². The molecule has 0 unspecified atom stereocenters. The number of phenolic OH excluding ortho intramolecular Hbond substituents is 1. The van der Waals surface area contributed by atoms with Gasteiger partial charge in [0.05, 0.1) is 22.5 Å². The van der Waals surface area contributed by atoms with Gasteiger partial charge in [-0.25, -0.2) is 0 Å².